The minimum absolute atomic E-state index is 0.860. The van der Waals surface area contributed by atoms with Gasteiger partial charge in [-0.2, -0.15) is 0 Å². The normalized spacial score (nSPS) is 10.8. The molecular weight excluding hydrogens is 212 g/mol. The zero-order chi connectivity index (χ0) is 11.3. The van der Waals surface area contributed by atoms with Gasteiger partial charge in [0.05, 0.1) is 0 Å². The number of aliphatic carboxylic acids is 1. The second-order valence-electron chi connectivity index (χ2n) is 2.89. The van der Waals surface area contributed by atoms with E-state index in [9.17, 15) is 4.79 Å². The maximum absolute atomic E-state index is 10.3. The molecule has 1 rings (SSSR count). The molecule has 0 bridgehead atoms. The molecule has 0 atom stereocenters. The lowest BCUT2D eigenvalue weighted by Crippen LogP contribution is -2.21. The maximum Gasteiger partial charge on any atom is 0.328 e. The number of thiazole rings is 1. The van der Waals surface area contributed by atoms with Crippen LogP contribution in [0.25, 0.3) is 6.08 Å². The summed E-state index contributed by atoms with van der Waals surface area (Å²) in [4.78, 5) is 17.5. The Hall–Kier alpha value is -1.36. The van der Waals surface area contributed by atoms with Gasteiger partial charge in [0.25, 0.3) is 0 Å². The number of carboxylic acids is 1. The first-order chi connectivity index (χ1) is 7.17. The van der Waals surface area contributed by atoms with Crippen LogP contribution in [0.15, 0.2) is 12.3 Å². The van der Waals surface area contributed by atoms with Crippen LogP contribution in [0.1, 0.15) is 18.7 Å². The average molecular weight is 226 g/mol. The fourth-order valence-corrected chi connectivity index (χ4v) is 2.09. The second-order valence-corrected chi connectivity index (χ2v) is 3.93. The fraction of sp³-hybridized carbons (Fsp3) is 0.400. The standard InChI is InChI=1S/C10H14N2O2S/c1-3-12(4-2)10-11-7-8(15-10)5-6-9(13)14/h5-7H,3-4H2,1-2H3,(H,13,14)/b6-5+. The Labute approximate surface area is 92.9 Å². The summed E-state index contributed by atoms with van der Waals surface area (Å²) in [6.07, 6.45) is 4.38. The van der Waals surface area contributed by atoms with Crippen LogP contribution in [0.4, 0.5) is 5.13 Å². The number of anilines is 1. The third kappa shape index (κ3) is 3.36. The molecule has 0 aliphatic heterocycles. The molecule has 0 aliphatic rings. The van der Waals surface area contributed by atoms with Gasteiger partial charge >= 0.3 is 5.97 Å². The Bertz CT molecular complexity index is 356. The van der Waals surface area contributed by atoms with E-state index in [1.807, 2.05) is 0 Å². The van der Waals surface area contributed by atoms with Crippen LogP contribution in [-0.4, -0.2) is 29.1 Å². The van der Waals surface area contributed by atoms with E-state index in [-0.39, 0.29) is 0 Å². The van der Waals surface area contributed by atoms with Crippen LogP contribution in [0.5, 0.6) is 0 Å². The van der Waals surface area contributed by atoms with E-state index < -0.39 is 5.97 Å². The molecule has 15 heavy (non-hydrogen) atoms. The number of nitrogens with zero attached hydrogens (tertiary/aromatic N) is 2. The molecule has 1 aromatic heterocycles. The third-order valence-electron chi connectivity index (χ3n) is 1.94. The van der Waals surface area contributed by atoms with Gasteiger partial charge in [-0.1, -0.05) is 11.3 Å². The van der Waals surface area contributed by atoms with Gasteiger partial charge in [-0.05, 0) is 19.9 Å². The topological polar surface area (TPSA) is 53.4 Å². The van der Waals surface area contributed by atoms with Crippen molar-refractivity contribution in [3.05, 3.63) is 17.2 Å². The molecule has 0 unspecified atom stereocenters. The van der Waals surface area contributed by atoms with Gasteiger partial charge in [-0.15, -0.1) is 0 Å². The van der Waals surface area contributed by atoms with E-state index in [0.29, 0.717) is 0 Å². The molecule has 1 heterocycles. The molecule has 0 amide bonds. The highest BCUT2D eigenvalue weighted by Gasteiger charge is 2.05. The molecule has 0 fully saturated rings. The fourth-order valence-electron chi connectivity index (χ4n) is 1.15. The van der Waals surface area contributed by atoms with Gasteiger partial charge in [0.2, 0.25) is 0 Å². The lowest BCUT2D eigenvalue weighted by Gasteiger charge is -2.16. The summed E-state index contributed by atoms with van der Waals surface area (Å²) in [5.74, 6) is -0.937. The van der Waals surface area contributed by atoms with Crippen molar-refractivity contribution < 1.29 is 9.90 Å². The molecular formula is C10H14N2O2S. The van der Waals surface area contributed by atoms with Gasteiger partial charge in [0.15, 0.2) is 5.13 Å². The summed E-state index contributed by atoms with van der Waals surface area (Å²) >= 11 is 1.50. The maximum atomic E-state index is 10.3. The van der Waals surface area contributed by atoms with Gasteiger partial charge < -0.3 is 10.0 Å². The number of hydrogen-bond donors (Lipinski definition) is 1. The van der Waals surface area contributed by atoms with Crippen molar-refractivity contribution in [3.8, 4) is 0 Å². The lowest BCUT2D eigenvalue weighted by atomic mass is 10.4. The highest BCUT2D eigenvalue weighted by Crippen LogP contribution is 2.22. The van der Waals surface area contributed by atoms with E-state index in [2.05, 4.69) is 23.7 Å². The van der Waals surface area contributed by atoms with Crippen molar-refractivity contribution in [1.29, 1.82) is 0 Å². The second kappa shape index (κ2) is 5.50. The van der Waals surface area contributed by atoms with E-state index >= 15 is 0 Å². The summed E-state index contributed by atoms with van der Waals surface area (Å²) in [5.41, 5.74) is 0. The minimum Gasteiger partial charge on any atom is -0.478 e. The third-order valence-corrected chi connectivity index (χ3v) is 2.96. The predicted molar refractivity (Wildman–Crippen MR) is 62.3 cm³/mol. The molecule has 0 saturated heterocycles. The molecule has 0 saturated carbocycles. The van der Waals surface area contributed by atoms with Crippen molar-refractivity contribution >= 4 is 28.5 Å². The number of carboxylic acid groups (broad SMARTS) is 1. The predicted octanol–water partition coefficient (Wildman–Crippen LogP) is 2.09. The monoisotopic (exact) mass is 226 g/mol. The molecule has 0 spiro atoms. The van der Waals surface area contributed by atoms with Crippen molar-refractivity contribution in [1.82, 2.24) is 4.98 Å². The molecule has 5 heteroatoms. The van der Waals surface area contributed by atoms with Gasteiger partial charge in [0, 0.05) is 30.2 Å². The van der Waals surface area contributed by atoms with E-state index in [1.165, 1.54) is 11.3 Å². The molecule has 0 radical (unpaired) electrons. The first kappa shape index (κ1) is 11.7. The summed E-state index contributed by atoms with van der Waals surface area (Å²) in [7, 11) is 0. The minimum atomic E-state index is -0.937. The molecule has 1 aromatic rings. The summed E-state index contributed by atoms with van der Waals surface area (Å²) in [5, 5.41) is 9.41. The van der Waals surface area contributed by atoms with Crippen molar-refractivity contribution in [3.63, 3.8) is 0 Å². The van der Waals surface area contributed by atoms with Crippen LogP contribution < -0.4 is 4.90 Å². The molecule has 0 aromatic carbocycles. The van der Waals surface area contributed by atoms with Gasteiger partial charge in [0.1, 0.15) is 0 Å². The molecule has 1 N–H and O–H groups in total. The highest BCUT2D eigenvalue weighted by atomic mass is 32.1. The van der Waals surface area contributed by atoms with Crippen LogP contribution in [0, 0.1) is 0 Å². The number of aromatic nitrogens is 1. The molecule has 82 valence electrons. The molecule has 0 aliphatic carbocycles. The zero-order valence-electron chi connectivity index (χ0n) is 8.80. The Kier molecular flexibility index (Phi) is 4.30. The van der Waals surface area contributed by atoms with E-state index in [4.69, 9.17) is 5.11 Å². The van der Waals surface area contributed by atoms with Gasteiger partial charge in [-0.25, -0.2) is 9.78 Å². The quantitative estimate of drug-likeness (QED) is 0.781. The number of hydrogen-bond acceptors (Lipinski definition) is 4. The Morgan fingerprint density at radius 1 is 1.60 bits per heavy atom. The van der Waals surface area contributed by atoms with E-state index in [1.54, 1.807) is 12.3 Å². The van der Waals surface area contributed by atoms with Crippen molar-refractivity contribution in [2.75, 3.05) is 18.0 Å². The summed E-state index contributed by atoms with van der Waals surface area (Å²) < 4.78 is 0. The lowest BCUT2D eigenvalue weighted by molar-refractivity contribution is -0.131. The summed E-state index contributed by atoms with van der Waals surface area (Å²) in [6.45, 7) is 5.95. The van der Waals surface area contributed by atoms with Crippen LogP contribution in [0.3, 0.4) is 0 Å². The zero-order valence-corrected chi connectivity index (χ0v) is 9.62. The van der Waals surface area contributed by atoms with Gasteiger partial charge in [-0.3, -0.25) is 0 Å². The molecule has 4 nitrogen and oxygen atoms in total. The van der Waals surface area contributed by atoms with E-state index in [0.717, 1.165) is 29.2 Å². The van der Waals surface area contributed by atoms with Crippen LogP contribution in [-0.2, 0) is 4.79 Å². The van der Waals surface area contributed by atoms with Crippen molar-refractivity contribution in [2.24, 2.45) is 0 Å². The number of rotatable bonds is 5. The largest absolute Gasteiger partial charge is 0.478 e. The SMILES string of the molecule is CCN(CC)c1ncc(/C=C/C(=O)O)s1. The number of carbonyl (C=O) groups is 1. The Morgan fingerprint density at radius 3 is 2.80 bits per heavy atom. The first-order valence-corrected chi connectivity index (χ1v) is 5.60. The Balaban J connectivity index is 2.75. The smallest absolute Gasteiger partial charge is 0.328 e. The first-order valence-electron chi connectivity index (χ1n) is 4.79. The Morgan fingerprint density at radius 2 is 2.27 bits per heavy atom. The average Bonchev–Trinajstić information content (AvgIpc) is 2.65. The van der Waals surface area contributed by atoms with Crippen molar-refractivity contribution in [2.45, 2.75) is 13.8 Å². The van der Waals surface area contributed by atoms with Crippen LogP contribution in [0.2, 0.25) is 0 Å². The summed E-state index contributed by atoms with van der Waals surface area (Å²) in [6, 6.07) is 0. The highest BCUT2D eigenvalue weighted by molar-refractivity contribution is 7.16. The van der Waals surface area contributed by atoms with Crippen LogP contribution >= 0.6 is 11.3 Å².